The molecule has 6 heteroatoms. The first-order valence-corrected chi connectivity index (χ1v) is 8.66. The van der Waals surface area contributed by atoms with E-state index in [4.69, 9.17) is 16.3 Å². The predicted octanol–water partition coefficient (Wildman–Crippen LogP) is 4.54. The number of esters is 1. The van der Waals surface area contributed by atoms with Gasteiger partial charge in [0.2, 0.25) is 0 Å². The molecule has 0 spiro atoms. The van der Waals surface area contributed by atoms with Gasteiger partial charge in [-0.3, -0.25) is 4.79 Å². The number of carbonyl (C=O) groups is 2. The van der Waals surface area contributed by atoms with E-state index in [2.05, 4.69) is 10.1 Å². The number of hydrogen-bond donors (Lipinski definition) is 1. The van der Waals surface area contributed by atoms with Crippen molar-refractivity contribution in [3.63, 3.8) is 0 Å². The van der Waals surface area contributed by atoms with Crippen LogP contribution < -0.4 is 10.1 Å². The molecule has 0 aliphatic heterocycles. The third-order valence-corrected chi connectivity index (χ3v) is 4.25. The lowest BCUT2D eigenvalue weighted by Crippen LogP contribution is -2.32. The Kier molecular flexibility index (Phi) is 6.64. The Morgan fingerprint density at radius 2 is 1.88 bits per heavy atom. The van der Waals surface area contributed by atoms with Gasteiger partial charge in [-0.2, -0.15) is 0 Å². The van der Waals surface area contributed by atoms with Gasteiger partial charge in [-0.1, -0.05) is 30.7 Å². The fraction of sp³-hybridized carbons (Fsp3) is 0.300. The van der Waals surface area contributed by atoms with Gasteiger partial charge in [-0.15, -0.1) is 0 Å². The molecule has 1 amide bonds. The lowest BCUT2D eigenvalue weighted by Gasteiger charge is -2.19. The van der Waals surface area contributed by atoms with Crippen molar-refractivity contribution in [2.24, 2.45) is 0 Å². The van der Waals surface area contributed by atoms with Crippen molar-refractivity contribution in [1.29, 1.82) is 0 Å². The molecule has 0 saturated heterocycles. The van der Waals surface area contributed by atoms with Crippen molar-refractivity contribution in [1.82, 2.24) is 0 Å². The van der Waals surface area contributed by atoms with Crippen molar-refractivity contribution in [2.75, 3.05) is 12.4 Å². The quantitative estimate of drug-likeness (QED) is 0.753. The SMILES string of the molecule is CC[C@H](Oc1cc(C)ccc1C)C(=O)Nc1cc(C(=O)OC)ccc1Cl. The minimum Gasteiger partial charge on any atom is -0.480 e. The van der Waals surface area contributed by atoms with Gasteiger partial charge >= 0.3 is 5.97 Å². The highest BCUT2D eigenvalue weighted by molar-refractivity contribution is 6.33. The van der Waals surface area contributed by atoms with Crippen LogP contribution in [0, 0.1) is 13.8 Å². The molecule has 1 atom stereocenters. The molecular weight excluding hydrogens is 354 g/mol. The molecule has 26 heavy (non-hydrogen) atoms. The second kappa shape index (κ2) is 8.72. The van der Waals surface area contributed by atoms with Crippen LogP contribution in [0.2, 0.25) is 5.02 Å². The van der Waals surface area contributed by atoms with E-state index in [1.54, 1.807) is 0 Å². The average molecular weight is 376 g/mol. The van der Waals surface area contributed by atoms with Gasteiger partial charge in [0.05, 0.1) is 23.4 Å². The topological polar surface area (TPSA) is 64.6 Å². The maximum atomic E-state index is 12.6. The molecular formula is C20H22ClNO4. The minimum atomic E-state index is -0.687. The summed E-state index contributed by atoms with van der Waals surface area (Å²) in [7, 11) is 1.29. The van der Waals surface area contributed by atoms with E-state index in [0.717, 1.165) is 11.1 Å². The molecule has 0 fully saturated rings. The number of benzene rings is 2. The molecule has 0 unspecified atom stereocenters. The van der Waals surface area contributed by atoms with Crippen molar-refractivity contribution < 1.29 is 19.1 Å². The first-order chi connectivity index (χ1) is 12.3. The Morgan fingerprint density at radius 3 is 2.54 bits per heavy atom. The van der Waals surface area contributed by atoms with Crippen molar-refractivity contribution in [3.8, 4) is 5.75 Å². The number of aryl methyl sites for hydroxylation is 2. The number of hydrogen-bond acceptors (Lipinski definition) is 4. The van der Waals surface area contributed by atoms with Gasteiger partial charge in [-0.25, -0.2) is 4.79 Å². The second-order valence-corrected chi connectivity index (χ2v) is 6.37. The highest BCUT2D eigenvalue weighted by atomic mass is 35.5. The second-order valence-electron chi connectivity index (χ2n) is 5.96. The van der Waals surface area contributed by atoms with Gasteiger partial charge in [0.1, 0.15) is 5.75 Å². The maximum absolute atomic E-state index is 12.6. The molecule has 1 N–H and O–H groups in total. The van der Waals surface area contributed by atoms with Crippen molar-refractivity contribution in [3.05, 3.63) is 58.1 Å². The molecule has 2 rings (SSSR count). The highest BCUT2D eigenvalue weighted by Gasteiger charge is 2.21. The number of anilines is 1. The third kappa shape index (κ3) is 4.76. The van der Waals surface area contributed by atoms with Crippen LogP contribution in [0.25, 0.3) is 0 Å². The first-order valence-electron chi connectivity index (χ1n) is 8.28. The molecule has 0 aliphatic carbocycles. The molecule has 0 aliphatic rings. The van der Waals surface area contributed by atoms with Crippen LogP contribution in [-0.2, 0) is 9.53 Å². The maximum Gasteiger partial charge on any atom is 0.337 e. The summed E-state index contributed by atoms with van der Waals surface area (Å²) in [5, 5.41) is 3.06. The molecule has 2 aromatic carbocycles. The fourth-order valence-corrected chi connectivity index (χ4v) is 2.55. The van der Waals surface area contributed by atoms with Gasteiger partial charge in [0, 0.05) is 0 Å². The highest BCUT2D eigenvalue weighted by Crippen LogP contribution is 2.25. The van der Waals surface area contributed by atoms with Crippen LogP contribution in [0.1, 0.15) is 34.8 Å². The largest absolute Gasteiger partial charge is 0.480 e. The van der Waals surface area contributed by atoms with Crippen molar-refractivity contribution >= 4 is 29.2 Å². The summed E-state index contributed by atoms with van der Waals surface area (Å²) in [4.78, 5) is 24.3. The normalized spacial score (nSPS) is 11.6. The Balaban J connectivity index is 2.19. The molecule has 2 aromatic rings. The number of amides is 1. The number of halogens is 1. The smallest absolute Gasteiger partial charge is 0.337 e. The Bertz CT molecular complexity index is 819. The summed E-state index contributed by atoms with van der Waals surface area (Å²) in [6, 6.07) is 10.4. The first kappa shape index (κ1) is 19.8. The van der Waals surface area contributed by atoms with Gasteiger partial charge in [0.15, 0.2) is 6.10 Å². The number of rotatable bonds is 6. The molecule has 138 valence electrons. The number of ether oxygens (including phenoxy) is 2. The van der Waals surface area contributed by atoms with Crippen LogP contribution in [0.5, 0.6) is 5.75 Å². The van der Waals surface area contributed by atoms with Crippen LogP contribution in [0.4, 0.5) is 5.69 Å². The van der Waals surface area contributed by atoms with E-state index < -0.39 is 12.1 Å². The zero-order valence-corrected chi connectivity index (χ0v) is 16.0. The summed E-state index contributed by atoms with van der Waals surface area (Å²) in [6.07, 6.45) is -0.207. The summed E-state index contributed by atoms with van der Waals surface area (Å²) in [5.41, 5.74) is 2.64. The minimum absolute atomic E-state index is 0.302. The van der Waals surface area contributed by atoms with Crippen LogP contribution in [0.15, 0.2) is 36.4 Å². The summed E-state index contributed by atoms with van der Waals surface area (Å²) in [6.45, 7) is 5.75. The lowest BCUT2D eigenvalue weighted by atomic mass is 10.1. The molecule has 0 bridgehead atoms. The van der Waals surface area contributed by atoms with Crippen molar-refractivity contribution in [2.45, 2.75) is 33.3 Å². The number of nitrogens with one attached hydrogen (secondary N) is 1. The van der Waals surface area contributed by atoms with E-state index in [-0.39, 0.29) is 5.91 Å². The third-order valence-electron chi connectivity index (χ3n) is 3.92. The standard InChI is InChI=1S/C20H22ClNO4/c1-5-17(26-18-10-12(2)6-7-13(18)3)19(23)22-16-11-14(20(24)25-4)8-9-15(16)21/h6-11,17H,5H2,1-4H3,(H,22,23)/t17-/m0/s1. The monoisotopic (exact) mass is 375 g/mol. The molecule has 5 nitrogen and oxygen atoms in total. The Labute approximate surface area is 158 Å². The van der Waals surface area contributed by atoms with Gasteiger partial charge < -0.3 is 14.8 Å². The van der Waals surface area contributed by atoms with E-state index in [0.29, 0.717) is 28.4 Å². The fourth-order valence-electron chi connectivity index (χ4n) is 2.39. The van der Waals surface area contributed by atoms with Crippen LogP contribution in [0.3, 0.4) is 0 Å². The van der Waals surface area contributed by atoms with E-state index in [9.17, 15) is 9.59 Å². The van der Waals surface area contributed by atoms with E-state index >= 15 is 0 Å². The molecule has 0 aromatic heterocycles. The summed E-state index contributed by atoms with van der Waals surface area (Å²) in [5.74, 6) is -0.172. The van der Waals surface area contributed by atoms with E-state index in [1.807, 2.05) is 39.0 Å². The zero-order chi connectivity index (χ0) is 19.3. The van der Waals surface area contributed by atoms with Crippen LogP contribution in [-0.4, -0.2) is 25.1 Å². The zero-order valence-electron chi connectivity index (χ0n) is 15.3. The molecule has 0 heterocycles. The predicted molar refractivity (Wildman–Crippen MR) is 102 cm³/mol. The molecule has 0 saturated carbocycles. The lowest BCUT2D eigenvalue weighted by molar-refractivity contribution is -0.122. The molecule has 0 radical (unpaired) electrons. The summed E-state index contributed by atoms with van der Waals surface area (Å²) < 4.78 is 10.6. The van der Waals surface area contributed by atoms with Crippen LogP contribution >= 0.6 is 11.6 Å². The number of carbonyl (C=O) groups excluding carboxylic acids is 2. The Morgan fingerprint density at radius 1 is 1.15 bits per heavy atom. The summed E-state index contributed by atoms with van der Waals surface area (Å²) >= 11 is 6.13. The van der Waals surface area contributed by atoms with E-state index in [1.165, 1.54) is 25.3 Å². The average Bonchev–Trinajstić information content (AvgIpc) is 2.63. The Hall–Kier alpha value is -2.53. The number of methoxy groups -OCH3 is 1. The van der Waals surface area contributed by atoms with Gasteiger partial charge in [-0.05, 0) is 55.7 Å². The van der Waals surface area contributed by atoms with Gasteiger partial charge in [0.25, 0.3) is 5.91 Å².